The van der Waals surface area contributed by atoms with Gasteiger partial charge in [0.2, 0.25) is 11.8 Å². The van der Waals surface area contributed by atoms with Crippen molar-refractivity contribution >= 4 is 17.6 Å². The van der Waals surface area contributed by atoms with Gasteiger partial charge in [0.1, 0.15) is 5.82 Å². The van der Waals surface area contributed by atoms with Gasteiger partial charge in [-0.1, -0.05) is 26.8 Å². The van der Waals surface area contributed by atoms with Crippen LogP contribution in [0.15, 0.2) is 18.3 Å². The highest BCUT2D eigenvalue weighted by atomic mass is 16.2. The predicted octanol–water partition coefficient (Wildman–Crippen LogP) is 1.46. The van der Waals surface area contributed by atoms with Gasteiger partial charge in [-0.2, -0.15) is 0 Å². The van der Waals surface area contributed by atoms with Gasteiger partial charge in [0.05, 0.1) is 6.54 Å². The zero-order chi connectivity index (χ0) is 16.9. The first-order valence-electron chi connectivity index (χ1n) is 8.11. The first kappa shape index (κ1) is 17.2. The second-order valence-electron chi connectivity index (χ2n) is 6.93. The first-order chi connectivity index (χ1) is 10.9. The number of pyridine rings is 1. The molecule has 0 aromatic carbocycles. The average Bonchev–Trinajstić information content (AvgIpc) is 3.04. The Hall–Kier alpha value is -2.11. The number of hydrogen-bond donors (Lipinski definition) is 2. The standard InChI is InChI=1S/C17H26N4O2/c1-17(2,3)16(23)20-12-15(22)19-11-13-6-7-14(18-10-13)21-8-4-5-9-21/h6-7,10H,4-5,8-9,11-12H2,1-3H3,(H,19,22)(H,20,23). The molecule has 0 spiro atoms. The quantitative estimate of drug-likeness (QED) is 0.862. The molecule has 0 radical (unpaired) electrons. The summed E-state index contributed by atoms with van der Waals surface area (Å²) in [6.45, 7) is 7.98. The number of carbonyl (C=O) groups is 2. The Bertz CT molecular complexity index is 543. The average molecular weight is 318 g/mol. The minimum Gasteiger partial charge on any atom is -0.357 e. The largest absolute Gasteiger partial charge is 0.357 e. The highest BCUT2D eigenvalue weighted by molar-refractivity contribution is 5.87. The molecule has 0 bridgehead atoms. The molecule has 2 heterocycles. The molecular formula is C17H26N4O2. The van der Waals surface area contributed by atoms with E-state index < -0.39 is 5.41 Å². The van der Waals surface area contributed by atoms with Crippen molar-refractivity contribution in [2.45, 2.75) is 40.2 Å². The fraction of sp³-hybridized carbons (Fsp3) is 0.588. The van der Waals surface area contributed by atoms with Crippen molar-refractivity contribution in [1.29, 1.82) is 0 Å². The third-order valence-electron chi connectivity index (χ3n) is 3.82. The van der Waals surface area contributed by atoms with E-state index in [0.717, 1.165) is 24.5 Å². The van der Waals surface area contributed by atoms with Crippen molar-refractivity contribution < 1.29 is 9.59 Å². The second-order valence-corrected chi connectivity index (χ2v) is 6.93. The van der Waals surface area contributed by atoms with Crippen molar-refractivity contribution in [2.75, 3.05) is 24.5 Å². The van der Waals surface area contributed by atoms with Crippen LogP contribution in [0.1, 0.15) is 39.2 Å². The Morgan fingerprint density at radius 3 is 2.43 bits per heavy atom. The van der Waals surface area contributed by atoms with E-state index in [9.17, 15) is 9.59 Å². The number of hydrogen-bond acceptors (Lipinski definition) is 4. The lowest BCUT2D eigenvalue weighted by Crippen LogP contribution is -2.41. The monoisotopic (exact) mass is 318 g/mol. The van der Waals surface area contributed by atoms with Crippen LogP contribution in [0.5, 0.6) is 0 Å². The summed E-state index contributed by atoms with van der Waals surface area (Å²) in [5.41, 5.74) is 0.457. The summed E-state index contributed by atoms with van der Waals surface area (Å²) >= 11 is 0. The number of amides is 2. The highest BCUT2D eigenvalue weighted by Crippen LogP contribution is 2.17. The lowest BCUT2D eigenvalue weighted by molar-refractivity contribution is -0.131. The van der Waals surface area contributed by atoms with Crippen LogP contribution in [-0.4, -0.2) is 36.4 Å². The Labute approximate surface area is 137 Å². The molecular weight excluding hydrogens is 292 g/mol. The van der Waals surface area contributed by atoms with E-state index >= 15 is 0 Å². The number of nitrogens with one attached hydrogen (secondary N) is 2. The molecule has 0 unspecified atom stereocenters. The van der Waals surface area contributed by atoms with Gasteiger partial charge in [0, 0.05) is 31.2 Å². The van der Waals surface area contributed by atoms with Crippen molar-refractivity contribution in [3.63, 3.8) is 0 Å². The molecule has 1 aromatic rings. The number of carbonyl (C=O) groups excluding carboxylic acids is 2. The van der Waals surface area contributed by atoms with E-state index in [0.29, 0.717) is 6.54 Å². The number of rotatable bonds is 5. The predicted molar refractivity (Wildman–Crippen MR) is 90.0 cm³/mol. The van der Waals surface area contributed by atoms with E-state index in [1.807, 2.05) is 32.9 Å². The molecule has 2 N–H and O–H groups in total. The number of nitrogens with zero attached hydrogens (tertiary/aromatic N) is 2. The normalized spacial score (nSPS) is 14.7. The summed E-state index contributed by atoms with van der Waals surface area (Å²) in [6, 6.07) is 3.98. The summed E-state index contributed by atoms with van der Waals surface area (Å²) < 4.78 is 0. The topological polar surface area (TPSA) is 74.3 Å². The molecule has 1 aromatic heterocycles. The Morgan fingerprint density at radius 2 is 1.87 bits per heavy atom. The Morgan fingerprint density at radius 1 is 1.17 bits per heavy atom. The summed E-state index contributed by atoms with van der Waals surface area (Å²) in [4.78, 5) is 30.2. The molecule has 6 heteroatoms. The first-order valence-corrected chi connectivity index (χ1v) is 8.11. The van der Waals surface area contributed by atoms with E-state index in [4.69, 9.17) is 0 Å². The van der Waals surface area contributed by atoms with Crippen LogP contribution in [0.3, 0.4) is 0 Å². The SMILES string of the molecule is CC(C)(C)C(=O)NCC(=O)NCc1ccc(N2CCCC2)nc1. The van der Waals surface area contributed by atoms with Gasteiger partial charge in [0.25, 0.3) is 0 Å². The molecule has 6 nitrogen and oxygen atoms in total. The van der Waals surface area contributed by atoms with Crippen LogP contribution in [-0.2, 0) is 16.1 Å². The van der Waals surface area contributed by atoms with Crippen LogP contribution in [0.25, 0.3) is 0 Å². The van der Waals surface area contributed by atoms with Crippen molar-refractivity contribution in [3.05, 3.63) is 23.9 Å². The highest BCUT2D eigenvalue weighted by Gasteiger charge is 2.21. The molecule has 1 aliphatic rings. The van der Waals surface area contributed by atoms with E-state index in [1.165, 1.54) is 12.8 Å². The zero-order valence-electron chi connectivity index (χ0n) is 14.2. The van der Waals surface area contributed by atoms with Gasteiger partial charge in [0.15, 0.2) is 0 Å². The van der Waals surface area contributed by atoms with Gasteiger partial charge in [-0.05, 0) is 24.5 Å². The molecule has 2 rings (SSSR count). The van der Waals surface area contributed by atoms with Crippen LogP contribution in [0, 0.1) is 5.41 Å². The van der Waals surface area contributed by atoms with E-state index in [-0.39, 0.29) is 18.4 Å². The molecule has 0 saturated carbocycles. The lowest BCUT2D eigenvalue weighted by Gasteiger charge is -2.17. The van der Waals surface area contributed by atoms with Crippen LogP contribution in [0.2, 0.25) is 0 Å². The minimum absolute atomic E-state index is 0.00457. The molecule has 126 valence electrons. The van der Waals surface area contributed by atoms with Crippen LogP contribution < -0.4 is 15.5 Å². The third kappa shape index (κ3) is 5.23. The van der Waals surface area contributed by atoms with Gasteiger partial charge in [-0.3, -0.25) is 9.59 Å². The summed E-state index contributed by atoms with van der Waals surface area (Å²) in [5.74, 6) is 0.658. The van der Waals surface area contributed by atoms with Gasteiger partial charge in [-0.25, -0.2) is 4.98 Å². The van der Waals surface area contributed by atoms with Crippen molar-refractivity contribution in [2.24, 2.45) is 5.41 Å². The minimum atomic E-state index is -0.490. The zero-order valence-corrected chi connectivity index (χ0v) is 14.2. The van der Waals surface area contributed by atoms with Crippen molar-refractivity contribution in [3.8, 4) is 0 Å². The van der Waals surface area contributed by atoms with Gasteiger partial charge in [-0.15, -0.1) is 0 Å². The smallest absolute Gasteiger partial charge is 0.239 e. The Kier molecular flexibility index (Phi) is 5.58. The summed E-state index contributed by atoms with van der Waals surface area (Å²) in [7, 11) is 0. The molecule has 1 saturated heterocycles. The van der Waals surface area contributed by atoms with Gasteiger partial charge < -0.3 is 15.5 Å². The molecule has 0 aliphatic carbocycles. The number of anilines is 1. The second kappa shape index (κ2) is 7.44. The summed E-state index contributed by atoms with van der Waals surface area (Å²) in [5, 5.41) is 5.42. The van der Waals surface area contributed by atoms with Crippen molar-refractivity contribution in [1.82, 2.24) is 15.6 Å². The van der Waals surface area contributed by atoms with E-state index in [1.54, 1.807) is 6.20 Å². The molecule has 23 heavy (non-hydrogen) atoms. The van der Waals surface area contributed by atoms with Crippen LogP contribution in [0.4, 0.5) is 5.82 Å². The van der Waals surface area contributed by atoms with Gasteiger partial charge >= 0.3 is 0 Å². The maximum Gasteiger partial charge on any atom is 0.239 e. The summed E-state index contributed by atoms with van der Waals surface area (Å²) in [6.07, 6.45) is 4.24. The third-order valence-corrected chi connectivity index (χ3v) is 3.82. The number of aromatic nitrogens is 1. The van der Waals surface area contributed by atoms with Crippen LogP contribution >= 0.6 is 0 Å². The Balaban J connectivity index is 1.74. The molecule has 2 amide bonds. The maximum atomic E-state index is 11.8. The fourth-order valence-electron chi connectivity index (χ4n) is 2.34. The molecule has 0 atom stereocenters. The molecule has 1 aliphatic heterocycles. The fourth-order valence-corrected chi connectivity index (χ4v) is 2.34. The maximum absolute atomic E-state index is 11.8. The molecule has 1 fully saturated rings. The van der Waals surface area contributed by atoms with E-state index in [2.05, 4.69) is 20.5 Å². The lowest BCUT2D eigenvalue weighted by atomic mass is 9.96.